The molecule has 6 heteroatoms. The summed E-state index contributed by atoms with van der Waals surface area (Å²) in [7, 11) is 3.47. The van der Waals surface area contributed by atoms with Crippen LogP contribution in [0.2, 0.25) is 0 Å². The van der Waals surface area contributed by atoms with Crippen LogP contribution in [0, 0.1) is 19.8 Å². The van der Waals surface area contributed by atoms with Crippen molar-refractivity contribution in [1.82, 2.24) is 14.7 Å². The molecule has 1 heterocycles. The number of amides is 1. The van der Waals surface area contributed by atoms with E-state index < -0.39 is 11.9 Å². The minimum Gasteiger partial charge on any atom is -0.481 e. The summed E-state index contributed by atoms with van der Waals surface area (Å²) >= 11 is 0. The third-order valence-electron chi connectivity index (χ3n) is 3.38. The molecule has 0 bridgehead atoms. The van der Waals surface area contributed by atoms with E-state index in [0.29, 0.717) is 0 Å². The number of aliphatic carboxylic acids is 1. The fourth-order valence-electron chi connectivity index (χ4n) is 1.95. The van der Waals surface area contributed by atoms with E-state index >= 15 is 0 Å². The number of carbonyl (C=O) groups excluding carboxylic acids is 1. The molecule has 0 fully saturated rings. The molecule has 106 valence electrons. The molecule has 0 saturated carbocycles. The maximum absolute atomic E-state index is 12.1. The van der Waals surface area contributed by atoms with Gasteiger partial charge in [-0.25, -0.2) is 0 Å². The molecule has 1 N–H and O–H groups in total. The normalized spacial score (nSPS) is 12.3. The highest BCUT2D eigenvalue weighted by Gasteiger charge is 2.20. The average Bonchev–Trinajstić information content (AvgIpc) is 2.55. The zero-order valence-electron chi connectivity index (χ0n) is 12.1. The van der Waals surface area contributed by atoms with E-state index in [-0.39, 0.29) is 18.9 Å². The second-order valence-corrected chi connectivity index (χ2v) is 4.96. The second-order valence-electron chi connectivity index (χ2n) is 4.96. The minimum absolute atomic E-state index is 0.0905. The van der Waals surface area contributed by atoms with Gasteiger partial charge in [-0.2, -0.15) is 5.10 Å². The number of hydrogen-bond donors (Lipinski definition) is 1. The van der Waals surface area contributed by atoms with Gasteiger partial charge in [0.25, 0.3) is 0 Å². The van der Waals surface area contributed by atoms with Gasteiger partial charge in [-0.3, -0.25) is 14.3 Å². The van der Waals surface area contributed by atoms with E-state index in [9.17, 15) is 9.59 Å². The van der Waals surface area contributed by atoms with Gasteiger partial charge in [0, 0.05) is 31.9 Å². The molecule has 1 aromatic rings. The highest BCUT2D eigenvalue weighted by Crippen LogP contribution is 2.13. The van der Waals surface area contributed by atoms with Crippen molar-refractivity contribution >= 4 is 11.9 Å². The number of aryl methyl sites for hydroxylation is 2. The first kappa shape index (κ1) is 15.2. The van der Waals surface area contributed by atoms with Crippen LogP contribution in [-0.4, -0.2) is 45.3 Å². The number of likely N-dealkylation sites (N-methyl/N-ethyl adjacent to an activating group) is 1. The lowest BCUT2D eigenvalue weighted by Crippen LogP contribution is -2.34. The standard InChI is InChI=1S/C13H21N3O3/c1-8(13(18)19)7-15(4)12(17)6-11-9(2)14-16(5)10(11)3/h8H,6-7H2,1-5H3,(H,18,19). The van der Waals surface area contributed by atoms with Crippen LogP contribution in [0.25, 0.3) is 0 Å². The van der Waals surface area contributed by atoms with Gasteiger partial charge in [0.1, 0.15) is 0 Å². The predicted octanol–water partition coefficient (Wildman–Crippen LogP) is 0.759. The first-order valence-electron chi connectivity index (χ1n) is 6.19. The Morgan fingerprint density at radius 2 is 2.00 bits per heavy atom. The number of rotatable bonds is 5. The predicted molar refractivity (Wildman–Crippen MR) is 70.8 cm³/mol. The van der Waals surface area contributed by atoms with Gasteiger partial charge in [0.2, 0.25) is 5.91 Å². The van der Waals surface area contributed by atoms with E-state index in [1.807, 2.05) is 20.9 Å². The van der Waals surface area contributed by atoms with Crippen molar-refractivity contribution in [3.63, 3.8) is 0 Å². The first-order valence-corrected chi connectivity index (χ1v) is 6.19. The van der Waals surface area contributed by atoms with E-state index in [0.717, 1.165) is 17.0 Å². The topological polar surface area (TPSA) is 75.4 Å². The van der Waals surface area contributed by atoms with Crippen molar-refractivity contribution in [3.8, 4) is 0 Å². The zero-order chi connectivity index (χ0) is 14.7. The quantitative estimate of drug-likeness (QED) is 0.854. The van der Waals surface area contributed by atoms with Gasteiger partial charge in [0.05, 0.1) is 18.0 Å². The van der Waals surface area contributed by atoms with Gasteiger partial charge < -0.3 is 10.0 Å². The van der Waals surface area contributed by atoms with Crippen LogP contribution in [0.15, 0.2) is 0 Å². The molecule has 1 rings (SSSR count). The Bertz CT molecular complexity index is 494. The Kier molecular flexibility index (Phi) is 4.69. The summed E-state index contributed by atoms with van der Waals surface area (Å²) in [6.45, 7) is 5.59. The molecule has 1 aromatic heterocycles. The van der Waals surface area contributed by atoms with Gasteiger partial charge in [-0.15, -0.1) is 0 Å². The van der Waals surface area contributed by atoms with Crippen LogP contribution in [0.3, 0.4) is 0 Å². The van der Waals surface area contributed by atoms with Gasteiger partial charge >= 0.3 is 5.97 Å². The highest BCUT2D eigenvalue weighted by molar-refractivity contribution is 5.80. The van der Waals surface area contributed by atoms with Crippen LogP contribution in [0.5, 0.6) is 0 Å². The Hall–Kier alpha value is -1.85. The summed E-state index contributed by atoms with van der Waals surface area (Å²) in [5.41, 5.74) is 2.72. The number of nitrogens with zero attached hydrogens (tertiary/aromatic N) is 3. The second kappa shape index (κ2) is 5.86. The molecule has 0 aliphatic carbocycles. The largest absolute Gasteiger partial charge is 0.481 e. The van der Waals surface area contributed by atoms with Crippen molar-refractivity contribution in [3.05, 3.63) is 17.0 Å². The maximum Gasteiger partial charge on any atom is 0.308 e. The lowest BCUT2D eigenvalue weighted by Gasteiger charge is -2.19. The van der Waals surface area contributed by atoms with Crippen LogP contribution in [-0.2, 0) is 23.1 Å². The SMILES string of the molecule is Cc1nn(C)c(C)c1CC(=O)N(C)CC(C)C(=O)O. The van der Waals surface area contributed by atoms with Gasteiger partial charge in [0.15, 0.2) is 0 Å². The molecule has 1 unspecified atom stereocenters. The van der Waals surface area contributed by atoms with Crippen LogP contribution < -0.4 is 0 Å². The fourth-order valence-corrected chi connectivity index (χ4v) is 1.95. The number of carboxylic acids is 1. The Morgan fingerprint density at radius 3 is 2.42 bits per heavy atom. The lowest BCUT2D eigenvalue weighted by molar-refractivity contribution is -0.142. The molecule has 0 spiro atoms. The summed E-state index contributed by atoms with van der Waals surface area (Å²) < 4.78 is 1.75. The molecule has 0 radical (unpaired) electrons. The number of carbonyl (C=O) groups is 2. The van der Waals surface area contributed by atoms with E-state index in [1.165, 1.54) is 4.90 Å². The van der Waals surface area contributed by atoms with E-state index in [4.69, 9.17) is 5.11 Å². The molecular weight excluding hydrogens is 246 g/mol. The monoisotopic (exact) mass is 267 g/mol. The van der Waals surface area contributed by atoms with Crippen LogP contribution >= 0.6 is 0 Å². The van der Waals surface area contributed by atoms with Crippen molar-refractivity contribution < 1.29 is 14.7 Å². The van der Waals surface area contributed by atoms with E-state index in [2.05, 4.69) is 5.10 Å². The van der Waals surface area contributed by atoms with Crippen LogP contribution in [0.4, 0.5) is 0 Å². The molecule has 0 aliphatic heterocycles. The third-order valence-corrected chi connectivity index (χ3v) is 3.38. The Labute approximate surface area is 113 Å². The third kappa shape index (κ3) is 3.56. The smallest absolute Gasteiger partial charge is 0.308 e. The van der Waals surface area contributed by atoms with Crippen molar-refractivity contribution in [1.29, 1.82) is 0 Å². The maximum atomic E-state index is 12.1. The van der Waals surface area contributed by atoms with E-state index in [1.54, 1.807) is 18.7 Å². The Balaban J connectivity index is 2.71. The highest BCUT2D eigenvalue weighted by atomic mass is 16.4. The number of hydrogen-bond acceptors (Lipinski definition) is 3. The number of aromatic nitrogens is 2. The number of carboxylic acid groups (broad SMARTS) is 1. The molecule has 0 aromatic carbocycles. The Morgan fingerprint density at radius 1 is 1.42 bits per heavy atom. The molecule has 0 aliphatic rings. The first-order chi connectivity index (χ1) is 8.73. The molecular formula is C13H21N3O3. The summed E-state index contributed by atoms with van der Waals surface area (Å²) in [6.07, 6.45) is 0.258. The minimum atomic E-state index is -0.895. The lowest BCUT2D eigenvalue weighted by atomic mass is 10.1. The summed E-state index contributed by atoms with van der Waals surface area (Å²) in [4.78, 5) is 24.3. The summed E-state index contributed by atoms with van der Waals surface area (Å²) in [6, 6.07) is 0. The van der Waals surface area contributed by atoms with Crippen molar-refractivity contribution in [2.24, 2.45) is 13.0 Å². The summed E-state index contributed by atoms with van der Waals surface area (Å²) in [5.74, 6) is -1.55. The zero-order valence-corrected chi connectivity index (χ0v) is 12.1. The summed E-state index contributed by atoms with van der Waals surface area (Å²) in [5, 5.41) is 13.1. The molecule has 19 heavy (non-hydrogen) atoms. The molecule has 1 amide bonds. The van der Waals surface area contributed by atoms with Crippen LogP contribution in [0.1, 0.15) is 23.9 Å². The van der Waals surface area contributed by atoms with Gasteiger partial charge in [-0.1, -0.05) is 6.92 Å². The molecule has 1 atom stereocenters. The molecule has 0 saturated heterocycles. The van der Waals surface area contributed by atoms with Crippen molar-refractivity contribution in [2.45, 2.75) is 27.2 Å². The van der Waals surface area contributed by atoms with Gasteiger partial charge in [-0.05, 0) is 13.8 Å². The fraction of sp³-hybridized carbons (Fsp3) is 0.615. The molecule has 6 nitrogen and oxygen atoms in total. The average molecular weight is 267 g/mol. The van der Waals surface area contributed by atoms with Crippen molar-refractivity contribution in [2.75, 3.05) is 13.6 Å².